The summed E-state index contributed by atoms with van der Waals surface area (Å²) in [5.41, 5.74) is 7.60. The van der Waals surface area contributed by atoms with Crippen molar-refractivity contribution in [3.63, 3.8) is 0 Å². The maximum Gasteiger partial charge on any atom is 0.0457 e. The third kappa shape index (κ3) is 2.34. The molecule has 126 valence electrons. The monoisotopic (exact) mass is 336 g/mol. The molecular weight excluding hydrogens is 316 g/mol. The van der Waals surface area contributed by atoms with Crippen molar-refractivity contribution >= 4 is 21.8 Å². The summed E-state index contributed by atoms with van der Waals surface area (Å²) < 4.78 is 0. The van der Waals surface area contributed by atoms with Crippen molar-refractivity contribution in [2.24, 2.45) is 0 Å². The second-order valence-corrected chi connectivity index (χ2v) is 6.93. The summed E-state index contributed by atoms with van der Waals surface area (Å²) >= 11 is 0. The van der Waals surface area contributed by atoms with Crippen LogP contribution in [0.15, 0.2) is 85.2 Å². The summed E-state index contributed by atoms with van der Waals surface area (Å²) in [5.74, 6) is 0.183. The van der Waals surface area contributed by atoms with E-state index >= 15 is 0 Å². The van der Waals surface area contributed by atoms with Gasteiger partial charge in [-0.1, -0.05) is 66.2 Å². The number of hydrogen-bond acceptors (Lipinski definition) is 0. The molecule has 2 aromatic heterocycles. The Morgan fingerprint density at radius 1 is 0.654 bits per heavy atom. The zero-order valence-corrected chi connectivity index (χ0v) is 14.7. The Labute approximate surface area is 152 Å². The molecule has 0 saturated carbocycles. The summed E-state index contributed by atoms with van der Waals surface area (Å²) in [6.07, 6.45) is 4.33. The molecule has 0 aliphatic rings. The van der Waals surface area contributed by atoms with Crippen molar-refractivity contribution in [1.82, 2.24) is 9.97 Å². The van der Waals surface area contributed by atoms with Gasteiger partial charge in [0, 0.05) is 40.1 Å². The van der Waals surface area contributed by atoms with Crippen molar-refractivity contribution < 1.29 is 0 Å². The molecule has 0 amide bonds. The molecule has 5 rings (SSSR count). The zero-order chi connectivity index (χ0) is 17.5. The first-order valence-corrected chi connectivity index (χ1v) is 9.00. The fraction of sp³-hybridized carbons (Fsp3) is 0.0833. The molecule has 0 bridgehead atoms. The molecule has 0 unspecified atom stereocenters. The zero-order valence-electron chi connectivity index (χ0n) is 14.7. The molecule has 2 nitrogen and oxygen atoms in total. The van der Waals surface area contributed by atoms with Crippen molar-refractivity contribution in [3.05, 3.63) is 107 Å². The van der Waals surface area contributed by atoms with Crippen LogP contribution in [0.1, 0.15) is 28.2 Å². The van der Waals surface area contributed by atoms with Crippen LogP contribution in [0.25, 0.3) is 21.8 Å². The molecule has 26 heavy (non-hydrogen) atoms. The summed E-state index contributed by atoms with van der Waals surface area (Å²) in [7, 11) is 0. The van der Waals surface area contributed by atoms with Crippen LogP contribution < -0.4 is 0 Å². The van der Waals surface area contributed by atoms with Crippen LogP contribution in [0.2, 0.25) is 0 Å². The van der Waals surface area contributed by atoms with E-state index in [1.807, 2.05) is 0 Å². The molecule has 0 radical (unpaired) electrons. The quantitative estimate of drug-likeness (QED) is 0.397. The summed E-state index contributed by atoms with van der Waals surface area (Å²) in [6.45, 7) is 2.16. The number of aromatic nitrogens is 2. The Bertz CT molecular complexity index is 1140. The molecule has 0 fully saturated rings. The topological polar surface area (TPSA) is 31.6 Å². The highest BCUT2D eigenvalue weighted by Crippen LogP contribution is 2.39. The van der Waals surface area contributed by atoms with E-state index in [-0.39, 0.29) is 5.92 Å². The lowest BCUT2D eigenvalue weighted by atomic mass is 9.84. The highest BCUT2D eigenvalue weighted by molar-refractivity contribution is 5.89. The Morgan fingerprint density at radius 3 is 1.81 bits per heavy atom. The third-order valence-electron chi connectivity index (χ3n) is 5.24. The van der Waals surface area contributed by atoms with Crippen LogP contribution in [-0.2, 0) is 0 Å². The number of benzene rings is 3. The summed E-state index contributed by atoms with van der Waals surface area (Å²) in [5, 5.41) is 2.56. The normalized spacial score (nSPS) is 11.6. The SMILES string of the molecule is Cc1cccc(C(c2c[nH]c3ccccc23)c2c[nH]c3ccccc23)c1. The molecule has 3 aromatic carbocycles. The van der Waals surface area contributed by atoms with E-state index in [0.717, 1.165) is 0 Å². The molecular formula is C24H20N2. The number of aryl methyl sites for hydroxylation is 1. The number of nitrogens with one attached hydrogen (secondary N) is 2. The van der Waals surface area contributed by atoms with Crippen LogP contribution in [0.4, 0.5) is 0 Å². The van der Waals surface area contributed by atoms with Gasteiger partial charge < -0.3 is 9.97 Å². The van der Waals surface area contributed by atoms with E-state index in [1.165, 1.54) is 44.1 Å². The first kappa shape index (κ1) is 15.0. The van der Waals surface area contributed by atoms with E-state index in [0.29, 0.717) is 0 Å². The van der Waals surface area contributed by atoms with Gasteiger partial charge in [-0.3, -0.25) is 0 Å². The van der Waals surface area contributed by atoms with E-state index in [9.17, 15) is 0 Å². The van der Waals surface area contributed by atoms with Crippen LogP contribution >= 0.6 is 0 Å². The molecule has 0 aliphatic carbocycles. The maximum absolute atomic E-state index is 3.45. The molecule has 0 spiro atoms. The van der Waals surface area contributed by atoms with Gasteiger partial charge in [-0.15, -0.1) is 0 Å². The Morgan fingerprint density at radius 2 is 1.23 bits per heavy atom. The molecule has 0 atom stereocenters. The van der Waals surface area contributed by atoms with E-state index in [1.54, 1.807) is 0 Å². The minimum absolute atomic E-state index is 0.183. The standard InChI is InChI=1S/C24H20N2/c1-16-7-6-8-17(13-16)24(20-14-25-22-11-4-2-9-18(20)22)21-15-26-23-12-5-3-10-19(21)23/h2-15,24-26H,1H3. The van der Waals surface area contributed by atoms with E-state index in [4.69, 9.17) is 0 Å². The lowest BCUT2D eigenvalue weighted by molar-refractivity contribution is 0.994. The number of H-pyrrole nitrogens is 2. The smallest absolute Gasteiger partial charge is 0.0457 e. The second-order valence-electron chi connectivity index (χ2n) is 6.93. The molecule has 0 aliphatic heterocycles. The van der Waals surface area contributed by atoms with Gasteiger partial charge in [0.1, 0.15) is 0 Å². The summed E-state index contributed by atoms with van der Waals surface area (Å²) in [4.78, 5) is 6.91. The maximum atomic E-state index is 3.45. The number of aromatic amines is 2. The van der Waals surface area contributed by atoms with Crippen molar-refractivity contribution in [3.8, 4) is 0 Å². The highest BCUT2D eigenvalue weighted by atomic mass is 14.7. The predicted octanol–water partition coefficient (Wildman–Crippen LogP) is 6.14. The van der Waals surface area contributed by atoms with Gasteiger partial charge in [-0.05, 0) is 35.7 Å². The van der Waals surface area contributed by atoms with E-state index < -0.39 is 0 Å². The van der Waals surface area contributed by atoms with Gasteiger partial charge in [-0.25, -0.2) is 0 Å². The minimum atomic E-state index is 0.183. The van der Waals surface area contributed by atoms with Gasteiger partial charge in [0.05, 0.1) is 0 Å². The van der Waals surface area contributed by atoms with Gasteiger partial charge in [0.15, 0.2) is 0 Å². The largest absolute Gasteiger partial charge is 0.361 e. The first-order valence-electron chi connectivity index (χ1n) is 9.00. The lowest BCUT2D eigenvalue weighted by Crippen LogP contribution is -2.02. The predicted molar refractivity (Wildman–Crippen MR) is 109 cm³/mol. The fourth-order valence-corrected chi connectivity index (χ4v) is 4.04. The average Bonchev–Trinajstić information content (AvgIpc) is 3.28. The third-order valence-corrected chi connectivity index (χ3v) is 5.24. The van der Waals surface area contributed by atoms with Crippen molar-refractivity contribution in [1.29, 1.82) is 0 Å². The summed E-state index contributed by atoms with van der Waals surface area (Å²) in [6, 6.07) is 25.9. The van der Waals surface area contributed by atoms with Crippen LogP contribution in [0.3, 0.4) is 0 Å². The number of fused-ring (bicyclic) bond motifs is 2. The van der Waals surface area contributed by atoms with Crippen LogP contribution in [0.5, 0.6) is 0 Å². The van der Waals surface area contributed by atoms with Crippen molar-refractivity contribution in [2.75, 3.05) is 0 Å². The average molecular weight is 336 g/mol. The van der Waals surface area contributed by atoms with Gasteiger partial charge in [0.25, 0.3) is 0 Å². The van der Waals surface area contributed by atoms with Gasteiger partial charge >= 0.3 is 0 Å². The van der Waals surface area contributed by atoms with Crippen LogP contribution in [-0.4, -0.2) is 9.97 Å². The lowest BCUT2D eigenvalue weighted by Gasteiger charge is -2.18. The van der Waals surface area contributed by atoms with Crippen LogP contribution in [0, 0.1) is 6.92 Å². The van der Waals surface area contributed by atoms with Gasteiger partial charge in [0.2, 0.25) is 0 Å². The molecule has 2 N–H and O–H groups in total. The minimum Gasteiger partial charge on any atom is -0.361 e. The molecule has 5 aromatic rings. The Hall–Kier alpha value is -3.26. The number of hydrogen-bond donors (Lipinski definition) is 2. The number of para-hydroxylation sites is 2. The Kier molecular flexibility index (Phi) is 3.42. The highest BCUT2D eigenvalue weighted by Gasteiger charge is 2.23. The van der Waals surface area contributed by atoms with Crippen molar-refractivity contribution in [2.45, 2.75) is 12.8 Å². The first-order chi connectivity index (χ1) is 12.8. The second kappa shape index (κ2) is 5.92. The molecule has 2 heteroatoms. The Balaban J connectivity index is 1.81. The number of rotatable bonds is 3. The fourth-order valence-electron chi connectivity index (χ4n) is 4.04. The molecule has 2 heterocycles. The van der Waals surface area contributed by atoms with Gasteiger partial charge in [-0.2, -0.15) is 0 Å². The molecule has 0 saturated heterocycles. The van der Waals surface area contributed by atoms with E-state index in [2.05, 4.69) is 102 Å².